The Kier molecular flexibility index (Phi) is 6.81. The Labute approximate surface area is 128 Å². The van der Waals surface area contributed by atoms with E-state index in [1.165, 1.54) is 0 Å². The quantitative estimate of drug-likeness (QED) is 0.555. The normalized spacial score (nSPS) is 11.6. The van der Waals surface area contributed by atoms with Gasteiger partial charge in [-0.2, -0.15) is 0 Å². The summed E-state index contributed by atoms with van der Waals surface area (Å²) in [6.45, 7) is 11.7. The van der Waals surface area contributed by atoms with E-state index in [1.54, 1.807) is 0 Å². The molecule has 0 aliphatic carbocycles. The molecule has 0 saturated heterocycles. The Hall–Kier alpha value is 0.0600. The maximum absolute atomic E-state index is 6.17. The smallest absolute Gasteiger partial charge is 0.146 e. The fourth-order valence-electron chi connectivity index (χ4n) is 1.77. The molecule has 0 bridgehead atoms. The van der Waals surface area contributed by atoms with E-state index in [4.69, 9.17) is 11.6 Å². The van der Waals surface area contributed by atoms with E-state index < -0.39 is 0 Å². The molecule has 1 aromatic rings. The maximum atomic E-state index is 6.17. The number of nitrogens with zero attached hydrogens (tertiary/aromatic N) is 3. The van der Waals surface area contributed by atoms with Crippen molar-refractivity contribution >= 4 is 34.2 Å². The first-order valence-corrected chi connectivity index (χ1v) is 7.89. The molecule has 18 heavy (non-hydrogen) atoms. The van der Waals surface area contributed by atoms with Crippen LogP contribution in [0.3, 0.4) is 0 Å². The molecule has 5 heteroatoms. The van der Waals surface area contributed by atoms with Crippen molar-refractivity contribution in [1.82, 2.24) is 14.9 Å². The summed E-state index contributed by atoms with van der Waals surface area (Å²) in [4.78, 5) is 11.4. The van der Waals surface area contributed by atoms with Crippen molar-refractivity contribution in [3.8, 4) is 0 Å². The van der Waals surface area contributed by atoms with Crippen LogP contribution in [0.15, 0.2) is 0 Å². The van der Waals surface area contributed by atoms with Gasteiger partial charge in [-0.05, 0) is 41.6 Å². The third kappa shape index (κ3) is 4.31. The van der Waals surface area contributed by atoms with Gasteiger partial charge in [0.1, 0.15) is 11.0 Å². The average Bonchev–Trinajstić information content (AvgIpc) is 2.34. The lowest BCUT2D eigenvalue weighted by molar-refractivity contribution is 0.305. The van der Waals surface area contributed by atoms with E-state index in [9.17, 15) is 0 Å². The molecule has 0 saturated carbocycles. The van der Waals surface area contributed by atoms with Gasteiger partial charge in [-0.3, -0.25) is 0 Å². The summed E-state index contributed by atoms with van der Waals surface area (Å²) in [7, 11) is 0. The van der Waals surface area contributed by atoms with Crippen LogP contribution < -0.4 is 0 Å². The van der Waals surface area contributed by atoms with Crippen molar-refractivity contribution in [2.45, 2.75) is 40.0 Å². The molecule has 0 aliphatic rings. The monoisotopic (exact) mass is 381 g/mol. The van der Waals surface area contributed by atoms with Crippen LogP contribution in [0, 0.1) is 3.57 Å². The lowest BCUT2D eigenvalue weighted by Gasteiger charge is -2.18. The van der Waals surface area contributed by atoms with E-state index in [0.717, 1.165) is 41.1 Å². The summed E-state index contributed by atoms with van der Waals surface area (Å²) < 4.78 is 0.982. The highest BCUT2D eigenvalue weighted by atomic mass is 127. The first-order valence-electron chi connectivity index (χ1n) is 6.43. The lowest BCUT2D eigenvalue weighted by Crippen LogP contribution is -2.26. The van der Waals surface area contributed by atoms with Gasteiger partial charge in [-0.15, -0.1) is 0 Å². The van der Waals surface area contributed by atoms with E-state index in [1.807, 2.05) is 0 Å². The highest BCUT2D eigenvalue weighted by molar-refractivity contribution is 14.1. The van der Waals surface area contributed by atoms with Crippen molar-refractivity contribution in [2.24, 2.45) is 0 Å². The van der Waals surface area contributed by atoms with Crippen LogP contribution in [-0.4, -0.2) is 34.5 Å². The minimum atomic E-state index is 0.379. The van der Waals surface area contributed by atoms with Crippen LogP contribution in [0.5, 0.6) is 0 Å². The van der Waals surface area contributed by atoms with Gasteiger partial charge in [-0.25, -0.2) is 9.97 Å². The molecule has 0 fully saturated rings. The van der Waals surface area contributed by atoms with E-state index >= 15 is 0 Å². The van der Waals surface area contributed by atoms with Crippen LogP contribution in [-0.2, 0) is 6.42 Å². The highest BCUT2D eigenvalue weighted by Crippen LogP contribution is 2.24. The largest absolute Gasteiger partial charge is 0.303 e. The predicted octanol–water partition coefficient (Wildman–Crippen LogP) is 3.74. The Balaban J connectivity index is 2.84. The molecule has 0 spiro atoms. The molecule has 1 aromatic heterocycles. The summed E-state index contributed by atoms with van der Waals surface area (Å²) in [5, 5.41) is 0.587. The van der Waals surface area contributed by atoms with Crippen LogP contribution in [0.25, 0.3) is 0 Å². The van der Waals surface area contributed by atoms with Gasteiger partial charge in [0.2, 0.25) is 0 Å². The summed E-state index contributed by atoms with van der Waals surface area (Å²) >= 11 is 8.40. The summed E-state index contributed by atoms with van der Waals surface area (Å²) in [5.74, 6) is 1.24. The number of likely N-dealkylation sites (N-methyl/N-ethyl adjacent to an activating group) is 1. The Bertz CT molecular complexity index is 392. The lowest BCUT2D eigenvalue weighted by atomic mass is 10.1. The van der Waals surface area contributed by atoms with Crippen molar-refractivity contribution < 1.29 is 0 Å². The fourth-order valence-corrected chi connectivity index (χ4v) is 2.83. The molecule has 0 atom stereocenters. The zero-order valence-corrected chi connectivity index (χ0v) is 14.4. The van der Waals surface area contributed by atoms with Crippen LogP contribution >= 0.6 is 34.2 Å². The van der Waals surface area contributed by atoms with E-state index in [-0.39, 0.29) is 0 Å². The minimum Gasteiger partial charge on any atom is -0.303 e. The molecule has 0 unspecified atom stereocenters. The second-order valence-electron chi connectivity index (χ2n) is 4.56. The summed E-state index contributed by atoms with van der Waals surface area (Å²) in [5.41, 5.74) is 1.06. The zero-order chi connectivity index (χ0) is 13.7. The number of rotatable bonds is 6. The molecule has 0 aromatic carbocycles. The highest BCUT2D eigenvalue weighted by Gasteiger charge is 2.13. The van der Waals surface area contributed by atoms with Crippen LogP contribution in [0.2, 0.25) is 5.15 Å². The summed E-state index contributed by atoms with van der Waals surface area (Å²) in [6.07, 6.45) is 0.859. The first-order chi connectivity index (χ1) is 8.49. The Morgan fingerprint density at radius 3 is 2.33 bits per heavy atom. The molecular formula is C13H21ClIN3. The van der Waals surface area contributed by atoms with Crippen LogP contribution in [0.1, 0.15) is 45.1 Å². The Morgan fingerprint density at radius 1 is 1.22 bits per heavy atom. The number of aromatic nitrogens is 2. The van der Waals surface area contributed by atoms with Gasteiger partial charge in [0.15, 0.2) is 0 Å². The van der Waals surface area contributed by atoms with Gasteiger partial charge in [0.25, 0.3) is 0 Å². The summed E-state index contributed by atoms with van der Waals surface area (Å²) in [6, 6.07) is 0. The molecule has 0 amide bonds. The molecule has 0 N–H and O–H groups in total. The maximum Gasteiger partial charge on any atom is 0.146 e. The van der Waals surface area contributed by atoms with Crippen molar-refractivity contribution in [1.29, 1.82) is 0 Å². The van der Waals surface area contributed by atoms with Crippen molar-refractivity contribution in [2.75, 3.05) is 19.6 Å². The first kappa shape index (κ1) is 16.1. The molecule has 3 nitrogen and oxygen atoms in total. The fraction of sp³-hybridized carbons (Fsp3) is 0.692. The topological polar surface area (TPSA) is 29.0 Å². The second kappa shape index (κ2) is 7.60. The van der Waals surface area contributed by atoms with Crippen molar-refractivity contribution in [3.63, 3.8) is 0 Å². The van der Waals surface area contributed by atoms with E-state index in [2.05, 4.69) is 65.2 Å². The van der Waals surface area contributed by atoms with Gasteiger partial charge in [0, 0.05) is 13.0 Å². The van der Waals surface area contributed by atoms with Gasteiger partial charge < -0.3 is 4.90 Å². The second-order valence-corrected chi connectivity index (χ2v) is 6.00. The third-order valence-electron chi connectivity index (χ3n) is 2.98. The molecule has 0 aliphatic heterocycles. The molecule has 1 rings (SSSR count). The standard InChI is InChI=1S/C13H21ClIN3/c1-5-18(6-2)8-7-10-16-12(9(3)4)11(15)13(14)17-10/h9H,5-8H2,1-4H3. The molecule has 0 radical (unpaired) electrons. The number of halogens is 2. The molecule has 1 heterocycles. The van der Waals surface area contributed by atoms with E-state index in [0.29, 0.717) is 11.1 Å². The average molecular weight is 382 g/mol. The molecule has 102 valence electrons. The third-order valence-corrected chi connectivity index (χ3v) is 4.63. The van der Waals surface area contributed by atoms with Crippen molar-refractivity contribution in [3.05, 3.63) is 20.2 Å². The SMILES string of the molecule is CCN(CC)CCc1nc(Cl)c(I)c(C(C)C)n1. The molecular weight excluding hydrogens is 361 g/mol. The van der Waals surface area contributed by atoms with Gasteiger partial charge in [0.05, 0.1) is 9.26 Å². The van der Waals surface area contributed by atoms with Gasteiger partial charge >= 0.3 is 0 Å². The minimum absolute atomic E-state index is 0.379. The zero-order valence-electron chi connectivity index (χ0n) is 11.5. The van der Waals surface area contributed by atoms with Gasteiger partial charge in [-0.1, -0.05) is 39.3 Å². The van der Waals surface area contributed by atoms with Crippen LogP contribution in [0.4, 0.5) is 0 Å². The number of hydrogen-bond acceptors (Lipinski definition) is 3. The Morgan fingerprint density at radius 2 is 1.83 bits per heavy atom. The predicted molar refractivity (Wildman–Crippen MR) is 85.3 cm³/mol. The number of hydrogen-bond donors (Lipinski definition) is 0.